The maximum atomic E-state index is 12.6. The van der Waals surface area contributed by atoms with Crippen molar-refractivity contribution in [3.05, 3.63) is 77.2 Å². The first-order valence-corrected chi connectivity index (χ1v) is 8.59. The summed E-state index contributed by atoms with van der Waals surface area (Å²) in [6.07, 6.45) is 1.61. The van der Waals surface area contributed by atoms with Crippen molar-refractivity contribution in [3.8, 4) is 5.75 Å². The number of benzene rings is 2. The predicted molar refractivity (Wildman–Crippen MR) is 105 cm³/mol. The first-order chi connectivity index (χ1) is 13.6. The van der Waals surface area contributed by atoms with E-state index >= 15 is 0 Å². The van der Waals surface area contributed by atoms with Crippen molar-refractivity contribution < 1.29 is 18.7 Å². The Balaban J connectivity index is 1.65. The van der Waals surface area contributed by atoms with Crippen molar-refractivity contribution in [1.82, 2.24) is 0 Å². The third-order valence-corrected chi connectivity index (χ3v) is 4.33. The second-order valence-electron chi connectivity index (χ2n) is 6.19. The molecule has 1 aromatic heterocycles. The van der Waals surface area contributed by atoms with Crippen molar-refractivity contribution in [2.45, 2.75) is 0 Å². The smallest absolute Gasteiger partial charge is 0.291 e. The van der Waals surface area contributed by atoms with E-state index < -0.39 is 5.91 Å². The molecule has 1 aliphatic heterocycles. The summed E-state index contributed by atoms with van der Waals surface area (Å²) in [6.45, 7) is 3.94. The van der Waals surface area contributed by atoms with Crippen LogP contribution in [-0.2, 0) is 4.79 Å². The van der Waals surface area contributed by atoms with Crippen LogP contribution in [0.2, 0.25) is 0 Å². The Morgan fingerprint density at radius 1 is 1.18 bits per heavy atom. The van der Waals surface area contributed by atoms with E-state index in [0.717, 1.165) is 6.07 Å². The van der Waals surface area contributed by atoms with E-state index in [9.17, 15) is 14.4 Å². The fourth-order valence-corrected chi connectivity index (χ4v) is 3.02. The van der Waals surface area contributed by atoms with Crippen molar-refractivity contribution in [1.29, 1.82) is 0 Å². The third-order valence-electron chi connectivity index (χ3n) is 4.33. The summed E-state index contributed by atoms with van der Waals surface area (Å²) in [6, 6.07) is 12.8. The van der Waals surface area contributed by atoms with Crippen LogP contribution in [0.1, 0.15) is 10.6 Å². The van der Waals surface area contributed by atoms with Crippen LogP contribution in [0, 0.1) is 0 Å². The molecule has 0 atom stereocenters. The summed E-state index contributed by atoms with van der Waals surface area (Å²) in [5.41, 5.74) is 1.01. The molecule has 0 unspecified atom stereocenters. The molecule has 3 aromatic rings. The number of hydrogen-bond donors (Lipinski definition) is 1. The van der Waals surface area contributed by atoms with Crippen LogP contribution in [-0.4, -0.2) is 25.0 Å². The van der Waals surface area contributed by atoms with Crippen molar-refractivity contribution >= 4 is 34.2 Å². The highest BCUT2D eigenvalue weighted by atomic mass is 16.5. The second kappa shape index (κ2) is 7.03. The number of hydrogen-bond acceptors (Lipinski definition) is 5. The quantitative estimate of drug-likeness (QED) is 0.707. The lowest BCUT2D eigenvalue weighted by molar-refractivity contribution is -0.121. The van der Waals surface area contributed by atoms with Crippen molar-refractivity contribution in [2.24, 2.45) is 0 Å². The first kappa shape index (κ1) is 17.5. The van der Waals surface area contributed by atoms with Crippen molar-refractivity contribution in [3.63, 3.8) is 0 Å². The number of nitrogens with one attached hydrogen (secondary N) is 1. The van der Waals surface area contributed by atoms with Gasteiger partial charge < -0.3 is 19.4 Å². The Kier molecular flexibility index (Phi) is 4.41. The lowest BCUT2D eigenvalue weighted by atomic mass is 10.2. The summed E-state index contributed by atoms with van der Waals surface area (Å²) < 4.78 is 11.0. The van der Waals surface area contributed by atoms with E-state index in [0.29, 0.717) is 34.6 Å². The molecular weight excluding hydrogens is 360 g/mol. The van der Waals surface area contributed by atoms with E-state index in [4.69, 9.17) is 9.15 Å². The van der Waals surface area contributed by atoms with Gasteiger partial charge in [0.25, 0.3) is 11.8 Å². The van der Waals surface area contributed by atoms with E-state index in [2.05, 4.69) is 11.9 Å². The number of para-hydroxylation sites is 1. The molecule has 7 nitrogen and oxygen atoms in total. The molecule has 0 fully saturated rings. The Morgan fingerprint density at radius 2 is 2.00 bits per heavy atom. The van der Waals surface area contributed by atoms with Gasteiger partial charge in [-0.05, 0) is 30.3 Å². The minimum Gasteiger partial charge on any atom is -0.482 e. The second-order valence-corrected chi connectivity index (χ2v) is 6.19. The monoisotopic (exact) mass is 376 g/mol. The number of amides is 2. The van der Waals surface area contributed by atoms with Crippen LogP contribution in [0.25, 0.3) is 11.0 Å². The molecule has 2 amide bonds. The molecule has 0 spiro atoms. The minimum atomic E-state index is -0.568. The van der Waals surface area contributed by atoms with Crippen LogP contribution < -0.4 is 20.4 Å². The number of anilines is 2. The van der Waals surface area contributed by atoms with Gasteiger partial charge in [-0.2, -0.15) is 0 Å². The van der Waals surface area contributed by atoms with Crippen LogP contribution in [0.4, 0.5) is 11.4 Å². The number of ether oxygens (including phenoxy) is 1. The summed E-state index contributed by atoms with van der Waals surface area (Å²) in [7, 11) is 0. The zero-order chi connectivity index (χ0) is 19.7. The highest BCUT2D eigenvalue weighted by molar-refractivity contribution is 6.04. The molecule has 2 aromatic carbocycles. The topological polar surface area (TPSA) is 88.9 Å². The molecule has 4 rings (SSSR count). The number of fused-ring (bicyclic) bond motifs is 2. The molecule has 0 saturated carbocycles. The van der Waals surface area contributed by atoms with Crippen LogP contribution in [0.5, 0.6) is 5.75 Å². The summed E-state index contributed by atoms with van der Waals surface area (Å²) >= 11 is 0. The van der Waals surface area contributed by atoms with Gasteiger partial charge >= 0.3 is 0 Å². The van der Waals surface area contributed by atoms with Crippen LogP contribution in [0.15, 0.2) is 70.4 Å². The highest BCUT2D eigenvalue weighted by Crippen LogP contribution is 2.34. The van der Waals surface area contributed by atoms with Gasteiger partial charge in [0.1, 0.15) is 11.3 Å². The predicted octanol–water partition coefficient (Wildman–Crippen LogP) is 2.96. The SMILES string of the molecule is C=CCN1C(=O)COc2ccc(NC(=O)c3cc(=O)c4ccccc4o3)cc21. The summed E-state index contributed by atoms with van der Waals surface area (Å²) in [5, 5.41) is 3.09. The maximum absolute atomic E-state index is 12.6. The van der Waals surface area contributed by atoms with Crippen molar-refractivity contribution in [2.75, 3.05) is 23.4 Å². The summed E-state index contributed by atoms with van der Waals surface area (Å²) in [4.78, 5) is 38.4. The van der Waals surface area contributed by atoms with Gasteiger partial charge in [-0.15, -0.1) is 6.58 Å². The number of rotatable bonds is 4. The average molecular weight is 376 g/mol. The maximum Gasteiger partial charge on any atom is 0.291 e. The molecule has 2 heterocycles. The van der Waals surface area contributed by atoms with Gasteiger partial charge in [0, 0.05) is 18.3 Å². The highest BCUT2D eigenvalue weighted by Gasteiger charge is 2.25. The molecule has 7 heteroatoms. The molecule has 0 bridgehead atoms. The molecule has 140 valence electrons. The Morgan fingerprint density at radius 3 is 2.82 bits per heavy atom. The molecular formula is C21H16N2O5. The van der Waals surface area contributed by atoms with Gasteiger partial charge in [-0.25, -0.2) is 0 Å². The zero-order valence-electron chi connectivity index (χ0n) is 14.8. The third kappa shape index (κ3) is 3.14. The number of carbonyl (C=O) groups is 2. The number of carbonyl (C=O) groups excluding carboxylic acids is 2. The largest absolute Gasteiger partial charge is 0.482 e. The van der Waals surface area contributed by atoms with Crippen LogP contribution >= 0.6 is 0 Å². The molecule has 28 heavy (non-hydrogen) atoms. The Hall–Kier alpha value is -3.87. The van der Waals surface area contributed by atoms with Crippen LogP contribution in [0.3, 0.4) is 0 Å². The first-order valence-electron chi connectivity index (χ1n) is 8.59. The Bertz CT molecular complexity index is 1160. The van der Waals surface area contributed by atoms with Gasteiger partial charge in [-0.3, -0.25) is 14.4 Å². The molecule has 0 radical (unpaired) electrons. The fourth-order valence-electron chi connectivity index (χ4n) is 3.02. The lowest BCUT2D eigenvalue weighted by Gasteiger charge is -2.28. The van der Waals surface area contributed by atoms with Gasteiger partial charge in [0.2, 0.25) is 0 Å². The average Bonchev–Trinajstić information content (AvgIpc) is 2.70. The molecule has 1 aliphatic rings. The van der Waals surface area contributed by atoms with Gasteiger partial charge in [-0.1, -0.05) is 18.2 Å². The van der Waals surface area contributed by atoms with E-state index in [-0.39, 0.29) is 23.7 Å². The van der Waals surface area contributed by atoms with E-state index in [1.54, 1.807) is 48.5 Å². The zero-order valence-corrected chi connectivity index (χ0v) is 14.8. The standard InChI is InChI=1S/C21H16N2O5/c1-2-9-23-15-10-13(7-8-18(15)27-12-20(23)25)22-21(26)19-11-16(24)14-5-3-4-6-17(14)28-19/h2-8,10-11H,1,9,12H2,(H,22,26). The van der Waals surface area contributed by atoms with Gasteiger partial charge in [0.15, 0.2) is 17.8 Å². The Labute approximate surface area is 159 Å². The fraction of sp³-hybridized carbons (Fsp3) is 0.0952. The van der Waals surface area contributed by atoms with E-state index in [1.807, 2.05) is 0 Å². The molecule has 1 N–H and O–H groups in total. The number of nitrogens with zero attached hydrogens (tertiary/aromatic N) is 1. The normalized spacial score (nSPS) is 13.0. The van der Waals surface area contributed by atoms with E-state index in [1.165, 1.54) is 4.90 Å². The van der Waals surface area contributed by atoms with Gasteiger partial charge in [0.05, 0.1) is 11.1 Å². The lowest BCUT2D eigenvalue weighted by Crippen LogP contribution is -2.38. The molecule has 0 saturated heterocycles. The molecule has 0 aliphatic carbocycles. The summed E-state index contributed by atoms with van der Waals surface area (Å²) in [5.74, 6) is -0.328. The minimum absolute atomic E-state index is 0.0468.